The van der Waals surface area contributed by atoms with Gasteiger partial charge in [-0.2, -0.15) is 5.10 Å². The summed E-state index contributed by atoms with van der Waals surface area (Å²) < 4.78 is 16.0. The molecule has 2 aliphatic rings. The maximum absolute atomic E-state index is 14.9. The number of halogens is 1. The van der Waals surface area contributed by atoms with Crippen LogP contribution in [0.2, 0.25) is 0 Å². The van der Waals surface area contributed by atoms with E-state index in [1.165, 1.54) is 50.7 Å². The molecule has 8 nitrogen and oxygen atoms in total. The lowest BCUT2D eigenvalue weighted by atomic mass is 9.83. The predicted molar refractivity (Wildman–Crippen MR) is 124 cm³/mol. The largest absolute Gasteiger partial charge is 0.507 e. The molecular formula is C24H27FN6O2. The van der Waals surface area contributed by atoms with Crippen LogP contribution in [0.15, 0.2) is 41.3 Å². The molecule has 172 valence electrons. The molecule has 4 heterocycles. The number of aryl methyl sites for hydroxylation is 1. The Morgan fingerprint density at radius 3 is 2.55 bits per heavy atom. The van der Waals surface area contributed by atoms with Crippen molar-refractivity contribution < 1.29 is 9.50 Å². The third-order valence-corrected chi connectivity index (χ3v) is 6.89. The first-order valence-electron chi connectivity index (χ1n) is 11.3. The van der Waals surface area contributed by atoms with Gasteiger partial charge in [0.1, 0.15) is 11.6 Å². The van der Waals surface area contributed by atoms with E-state index >= 15 is 0 Å². The molecule has 2 saturated heterocycles. The van der Waals surface area contributed by atoms with Crippen LogP contribution in [0.1, 0.15) is 32.1 Å². The molecule has 0 amide bonds. The first-order chi connectivity index (χ1) is 15.9. The molecule has 0 radical (unpaired) electrons. The fourth-order valence-electron chi connectivity index (χ4n) is 5.00. The summed E-state index contributed by atoms with van der Waals surface area (Å²) in [7, 11) is 3.55. The van der Waals surface area contributed by atoms with E-state index in [4.69, 9.17) is 0 Å². The van der Waals surface area contributed by atoms with Crippen LogP contribution < -0.4 is 15.8 Å². The van der Waals surface area contributed by atoms with E-state index in [2.05, 4.69) is 25.5 Å². The summed E-state index contributed by atoms with van der Waals surface area (Å²) in [5, 5.41) is 26.8. The zero-order valence-corrected chi connectivity index (χ0v) is 18.7. The molecule has 2 aromatic heterocycles. The fraction of sp³-hybridized carbons (Fsp3) is 0.417. The molecule has 1 aromatic carbocycles. The molecule has 33 heavy (non-hydrogen) atoms. The summed E-state index contributed by atoms with van der Waals surface area (Å²) in [5.74, 6) is 0.0299. The second-order valence-electron chi connectivity index (χ2n) is 9.06. The van der Waals surface area contributed by atoms with Gasteiger partial charge in [0.2, 0.25) is 0 Å². The monoisotopic (exact) mass is 450 g/mol. The summed E-state index contributed by atoms with van der Waals surface area (Å²) in [4.78, 5) is 14.0. The number of benzene rings is 1. The lowest BCUT2D eigenvalue weighted by Crippen LogP contribution is -2.54. The number of nitrogens with zero attached hydrogens (tertiary/aromatic N) is 5. The second kappa shape index (κ2) is 8.55. The molecule has 2 N–H and O–H groups in total. The molecule has 2 aliphatic heterocycles. The number of hydrogen-bond donors (Lipinski definition) is 2. The molecule has 0 unspecified atom stereocenters. The molecule has 0 aliphatic carbocycles. The van der Waals surface area contributed by atoms with E-state index in [0.717, 1.165) is 23.3 Å². The van der Waals surface area contributed by atoms with Crippen LogP contribution in [-0.4, -0.2) is 50.3 Å². The van der Waals surface area contributed by atoms with Gasteiger partial charge < -0.3 is 15.3 Å². The van der Waals surface area contributed by atoms with Crippen LogP contribution in [0.3, 0.4) is 0 Å². The number of nitrogens with one attached hydrogen (secondary N) is 1. The van der Waals surface area contributed by atoms with Crippen molar-refractivity contribution in [2.24, 2.45) is 7.05 Å². The van der Waals surface area contributed by atoms with Crippen LogP contribution in [0.25, 0.3) is 22.4 Å². The average molecular weight is 451 g/mol. The Labute approximate surface area is 191 Å². The molecule has 2 fully saturated rings. The molecule has 0 saturated carbocycles. The summed E-state index contributed by atoms with van der Waals surface area (Å²) in [6.45, 7) is 0. The van der Waals surface area contributed by atoms with Gasteiger partial charge in [-0.1, -0.05) is 6.42 Å². The lowest BCUT2D eigenvalue weighted by Gasteiger charge is -2.43. The molecule has 2 bridgehead atoms. The minimum Gasteiger partial charge on any atom is -0.507 e. The third-order valence-electron chi connectivity index (χ3n) is 6.89. The number of piperidine rings is 2. The Kier molecular flexibility index (Phi) is 5.57. The van der Waals surface area contributed by atoms with Gasteiger partial charge in [-0.05, 0) is 49.9 Å². The Bertz CT molecular complexity index is 1220. The Hall–Kier alpha value is -3.33. The van der Waals surface area contributed by atoms with Crippen LogP contribution >= 0.6 is 0 Å². The van der Waals surface area contributed by atoms with Gasteiger partial charge in [0, 0.05) is 55.0 Å². The average Bonchev–Trinajstić information content (AvgIpc) is 2.81. The van der Waals surface area contributed by atoms with E-state index in [0.29, 0.717) is 29.4 Å². The SMILES string of the molecule is CN(c1ccc(-c2cc(F)c(-c3cnn(C)c(=O)c3)cc2O)nn1)[C@@H]1C[C@H]2CCC[C@@H](C1)N2. The van der Waals surface area contributed by atoms with E-state index in [-0.39, 0.29) is 22.4 Å². The number of rotatable bonds is 4. The zero-order chi connectivity index (χ0) is 23.1. The van der Waals surface area contributed by atoms with Crippen LogP contribution in [0.5, 0.6) is 5.75 Å². The summed E-state index contributed by atoms with van der Waals surface area (Å²) in [6.07, 6.45) is 7.30. The van der Waals surface area contributed by atoms with Gasteiger partial charge in [0.15, 0.2) is 5.82 Å². The minimum absolute atomic E-state index is 0.0993. The topological polar surface area (TPSA) is 96.2 Å². The van der Waals surface area contributed by atoms with Crippen molar-refractivity contribution >= 4 is 5.82 Å². The number of aromatic hydroxyl groups is 1. The van der Waals surface area contributed by atoms with Gasteiger partial charge in [-0.15, -0.1) is 10.2 Å². The number of aromatic nitrogens is 4. The molecule has 0 spiro atoms. The van der Waals surface area contributed by atoms with Crippen molar-refractivity contribution in [3.05, 3.63) is 52.7 Å². The van der Waals surface area contributed by atoms with E-state index in [1.807, 2.05) is 13.1 Å². The molecular weight excluding hydrogens is 423 g/mol. The number of phenols is 1. The molecule has 5 rings (SSSR count). The van der Waals surface area contributed by atoms with Crippen molar-refractivity contribution in [2.45, 2.75) is 50.2 Å². The maximum Gasteiger partial charge on any atom is 0.267 e. The molecule has 3 aromatic rings. The quantitative estimate of drug-likeness (QED) is 0.631. The predicted octanol–water partition coefficient (Wildman–Crippen LogP) is 2.86. The van der Waals surface area contributed by atoms with Crippen LogP contribution in [-0.2, 0) is 7.05 Å². The maximum atomic E-state index is 14.9. The van der Waals surface area contributed by atoms with E-state index in [1.54, 1.807) is 6.07 Å². The first kappa shape index (κ1) is 21.5. The smallest absolute Gasteiger partial charge is 0.267 e. The molecule has 3 atom stereocenters. The summed E-state index contributed by atoms with van der Waals surface area (Å²) >= 11 is 0. The van der Waals surface area contributed by atoms with Gasteiger partial charge in [0.25, 0.3) is 5.56 Å². The number of phenolic OH excluding ortho intramolecular Hbond substituents is 1. The first-order valence-corrected chi connectivity index (χ1v) is 11.3. The highest BCUT2D eigenvalue weighted by Gasteiger charge is 2.33. The highest BCUT2D eigenvalue weighted by molar-refractivity contribution is 5.74. The van der Waals surface area contributed by atoms with E-state index in [9.17, 15) is 14.3 Å². The highest BCUT2D eigenvalue weighted by Crippen LogP contribution is 2.35. The number of hydrogen-bond acceptors (Lipinski definition) is 7. The van der Waals surface area contributed by atoms with Crippen LogP contribution in [0.4, 0.5) is 10.2 Å². The van der Waals surface area contributed by atoms with Gasteiger partial charge in [0.05, 0.1) is 11.9 Å². The minimum atomic E-state index is -0.581. The zero-order valence-electron chi connectivity index (χ0n) is 18.7. The summed E-state index contributed by atoms with van der Waals surface area (Å²) in [5.41, 5.74) is 0.651. The van der Waals surface area contributed by atoms with Crippen molar-refractivity contribution in [1.82, 2.24) is 25.3 Å². The van der Waals surface area contributed by atoms with E-state index < -0.39 is 5.82 Å². The highest BCUT2D eigenvalue weighted by atomic mass is 19.1. The third kappa shape index (κ3) is 4.20. The summed E-state index contributed by atoms with van der Waals surface area (Å²) in [6, 6.07) is 8.92. The van der Waals surface area contributed by atoms with Crippen molar-refractivity contribution in [2.75, 3.05) is 11.9 Å². The normalized spacial score (nSPS) is 22.2. The second-order valence-corrected chi connectivity index (χ2v) is 9.06. The Morgan fingerprint density at radius 1 is 1.12 bits per heavy atom. The van der Waals surface area contributed by atoms with Crippen molar-refractivity contribution in [1.29, 1.82) is 0 Å². The van der Waals surface area contributed by atoms with Crippen molar-refractivity contribution in [3.8, 4) is 28.1 Å². The van der Waals surface area contributed by atoms with Gasteiger partial charge >= 0.3 is 0 Å². The van der Waals surface area contributed by atoms with Gasteiger partial charge in [-0.25, -0.2) is 9.07 Å². The standard InChI is InChI=1S/C24H27FN6O2/c1-30(17-9-15-4-3-5-16(10-17)27-15)23-7-6-21(28-29-23)19-11-20(25)18(12-22(19)32)14-8-24(33)31(2)26-13-14/h6-8,11-13,15-17,27,32H,3-5,9-10H2,1-2H3/t15-,16+,17-. The fourth-order valence-corrected chi connectivity index (χ4v) is 5.00. The Morgan fingerprint density at radius 2 is 1.88 bits per heavy atom. The molecule has 9 heteroatoms. The Balaban J connectivity index is 1.38. The number of fused-ring (bicyclic) bond motifs is 2. The van der Waals surface area contributed by atoms with Gasteiger partial charge in [-0.3, -0.25) is 4.79 Å². The number of anilines is 1. The van der Waals surface area contributed by atoms with Crippen LogP contribution in [0, 0.1) is 5.82 Å². The van der Waals surface area contributed by atoms with Crippen molar-refractivity contribution in [3.63, 3.8) is 0 Å². The lowest BCUT2D eigenvalue weighted by molar-refractivity contribution is 0.219.